The first-order chi connectivity index (χ1) is 9.25. The van der Waals surface area contributed by atoms with Gasteiger partial charge in [0.05, 0.1) is 6.04 Å². The summed E-state index contributed by atoms with van der Waals surface area (Å²) in [6, 6.07) is 2.79. The van der Waals surface area contributed by atoms with Crippen LogP contribution < -0.4 is 5.32 Å². The van der Waals surface area contributed by atoms with Crippen LogP contribution in [0.3, 0.4) is 0 Å². The first-order valence-corrected chi connectivity index (χ1v) is 7.77. The molecule has 2 aliphatic rings. The third-order valence-electron chi connectivity index (χ3n) is 4.87. The minimum absolute atomic E-state index is 0. The third kappa shape index (κ3) is 4.16. The van der Waals surface area contributed by atoms with Crippen molar-refractivity contribution in [1.29, 1.82) is 0 Å². The Bertz CT molecular complexity index is 404. The van der Waals surface area contributed by atoms with Crippen LogP contribution in [0, 0.1) is 19.8 Å². The monoisotopic (exact) mass is 334 g/mol. The molecule has 1 N–H and O–H groups in total. The van der Waals surface area contributed by atoms with Crippen molar-refractivity contribution in [2.45, 2.75) is 45.6 Å². The molecule has 1 atom stereocenters. The molecule has 2 fully saturated rings. The van der Waals surface area contributed by atoms with Crippen molar-refractivity contribution < 1.29 is 4.42 Å². The summed E-state index contributed by atoms with van der Waals surface area (Å²) in [5.41, 5.74) is 1.30. The number of aryl methyl sites for hydroxylation is 2. The highest BCUT2D eigenvalue weighted by molar-refractivity contribution is 5.85. The molecule has 0 radical (unpaired) electrons. The number of nitrogens with zero attached hydrogens (tertiary/aromatic N) is 1. The van der Waals surface area contributed by atoms with Gasteiger partial charge in [0.2, 0.25) is 0 Å². The van der Waals surface area contributed by atoms with Crippen molar-refractivity contribution in [1.82, 2.24) is 10.2 Å². The largest absolute Gasteiger partial charge is 0.464 e. The second-order valence-corrected chi connectivity index (χ2v) is 6.16. The van der Waals surface area contributed by atoms with Gasteiger partial charge >= 0.3 is 0 Å². The van der Waals surface area contributed by atoms with Crippen LogP contribution >= 0.6 is 24.8 Å². The molecule has 0 bridgehead atoms. The van der Waals surface area contributed by atoms with Gasteiger partial charge in [-0.25, -0.2) is 0 Å². The van der Waals surface area contributed by atoms with E-state index < -0.39 is 0 Å². The maximum absolute atomic E-state index is 6.08. The standard InChI is InChI=1S/C16H26N2O.2ClH/c1-12-11-15(19-13(12)2)16(14-5-3-4-6-14)18-9-7-17-8-10-18;;/h11,14,16-17H,3-10H2,1-2H3;2*1H/t16-;;/m0../s1. The van der Waals surface area contributed by atoms with E-state index in [4.69, 9.17) is 4.42 Å². The lowest BCUT2D eigenvalue weighted by atomic mass is 9.93. The predicted octanol–water partition coefficient (Wildman–Crippen LogP) is 3.88. The summed E-state index contributed by atoms with van der Waals surface area (Å²) in [6.07, 6.45) is 5.53. The van der Waals surface area contributed by atoms with Crippen molar-refractivity contribution in [2.75, 3.05) is 26.2 Å². The Kier molecular flexibility index (Phi) is 7.55. The van der Waals surface area contributed by atoms with Crippen molar-refractivity contribution >= 4 is 24.8 Å². The van der Waals surface area contributed by atoms with E-state index in [0.29, 0.717) is 6.04 Å². The van der Waals surface area contributed by atoms with Crippen LogP contribution in [0.1, 0.15) is 48.8 Å². The first-order valence-electron chi connectivity index (χ1n) is 7.77. The Morgan fingerprint density at radius 2 is 1.76 bits per heavy atom. The molecule has 0 amide bonds. The van der Waals surface area contributed by atoms with Gasteiger partial charge in [-0.2, -0.15) is 0 Å². The Hall–Kier alpha value is -0.220. The third-order valence-corrected chi connectivity index (χ3v) is 4.87. The zero-order valence-corrected chi connectivity index (χ0v) is 14.7. The average molecular weight is 335 g/mol. The Balaban J connectivity index is 0.00000110. The summed E-state index contributed by atoms with van der Waals surface area (Å²) in [6.45, 7) is 8.78. The van der Waals surface area contributed by atoms with E-state index in [9.17, 15) is 0 Å². The normalized spacial score (nSPS) is 21.6. The molecule has 2 heterocycles. The second kappa shape index (κ2) is 8.42. The van der Waals surface area contributed by atoms with Crippen LogP contribution in [0.4, 0.5) is 0 Å². The van der Waals surface area contributed by atoms with Crippen LogP contribution in [-0.2, 0) is 0 Å². The highest BCUT2D eigenvalue weighted by atomic mass is 35.5. The molecule has 1 aromatic rings. The average Bonchev–Trinajstić information content (AvgIpc) is 3.03. The molecule has 5 heteroatoms. The van der Waals surface area contributed by atoms with Crippen molar-refractivity contribution in [2.24, 2.45) is 5.92 Å². The predicted molar refractivity (Wildman–Crippen MR) is 91.8 cm³/mol. The molecule has 1 aromatic heterocycles. The summed E-state index contributed by atoms with van der Waals surface area (Å²) in [4.78, 5) is 2.64. The van der Waals surface area contributed by atoms with Gasteiger partial charge in [-0.1, -0.05) is 12.8 Å². The number of nitrogens with one attached hydrogen (secondary N) is 1. The zero-order chi connectivity index (χ0) is 13.2. The summed E-state index contributed by atoms with van der Waals surface area (Å²) >= 11 is 0. The van der Waals surface area contributed by atoms with Gasteiger partial charge in [-0.05, 0) is 44.2 Å². The molecule has 0 aromatic carbocycles. The number of piperazine rings is 1. The lowest BCUT2D eigenvalue weighted by molar-refractivity contribution is 0.107. The Labute approximate surface area is 140 Å². The summed E-state index contributed by atoms with van der Waals surface area (Å²) < 4.78 is 6.08. The van der Waals surface area contributed by atoms with Gasteiger partial charge in [-0.3, -0.25) is 4.90 Å². The van der Waals surface area contributed by atoms with E-state index in [1.807, 2.05) is 0 Å². The quantitative estimate of drug-likeness (QED) is 0.909. The molecule has 1 aliphatic heterocycles. The van der Waals surface area contributed by atoms with Crippen LogP contribution in [0.25, 0.3) is 0 Å². The summed E-state index contributed by atoms with van der Waals surface area (Å²) in [7, 11) is 0. The number of rotatable bonds is 3. The molecule has 122 valence electrons. The van der Waals surface area contributed by atoms with Crippen LogP contribution in [0.5, 0.6) is 0 Å². The van der Waals surface area contributed by atoms with Crippen molar-refractivity contribution in [3.63, 3.8) is 0 Å². The second-order valence-electron chi connectivity index (χ2n) is 6.16. The molecule has 3 nitrogen and oxygen atoms in total. The number of halogens is 2. The van der Waals surface area contributed by atoms with E-state index in [1.54, 1.807) is 0 Å². The van der Waals surface area contributed by atoms with Crippen LogP contribution in [-0.4, -0.2) is 31.1 Å². The topological polar surface area (TPSA) is 28.4 Å². The van der Waals surface area contributed by atoms with Crippen molar-refractivity contribution in [3.05, 3.63) is 23.2 Å². The summed E-state index contributed by atoms with van der Waals surface area (Å²) in [5.74, 6) is 3.10. The van der Waals surface area contributed by atoms with Crippen molar-refractivity contribution in [3.8, 4) is 0 Å². The molecular weight excluding hydrogens is 307 g/mol. The smallest absolute Gasteiger partial charge is 0.121 e. The fourth-order valence-corrected chi connectivity index (χ4v) is 3.69. The van der Waals surface area contributed by atoms with E-state index in [2.05, 4.69) is 30.1 Å². The van der Waals surface area contributed by atoms with Gasteiger partial charge in [0.1, 0.15) is 11.5 Å². The molecule has 0 unspecified atom stereocenters. The maximum Gasteiger partial charge on any atom is 0.121 e. The van der Waals surface area contributed by atoms with Gasteiger partial charge in [0, 0.05) is 26.2 Å². The van der Waals surface area contributed by atoms with Crippen LogP contribution in [0.15, 0.2) is 10.5 Å². The van der Waals surface area contributed by atoms with Gasteiger partial charge < -0.3 is 9.73 Å². The molecule has 21 heavy (non-hydrogen) atoms. The molecular formula is C16H28Cl2N2O. The minimum atomic E-state index is 0. The molecule has 3 rings (SSSR count). The maximum atomic E-state index is 6.08. The highest BCUT2D eigenvalue weighted by Crippen LogP contribution is 2.40. The SMILES string of the molecule is Cc1cc([C@H](C2CCCC2)N2CCNCC2)oc1C.Cl.Cl. The Morgan fingerprint density at radius 1 is 1.14 bits per heavy atom. The van der Waals surface area contributed by atoms with Gasteiger partial charge in [0.15, 0.2) is 0 Å². The first kappa shape index (κ1) is 18.8. The number of hydrogen-bond donors (Lipinski definition) is 1. The summed E-state index contributed by atoms with van der Waals surface area (Å²) in [5, 5.41) is 3.46. The minimum Gasteiger partial charge on any atom is -0.464 e. The van der Waals surface area contributed by atoms with Gasteiger partial charge in [0.25, 0.3) is 0 Å². The molecule has 1 saturated carbocycles. The van der Waals surface area contributed by atoms with E-state index in [0.717, 1.165) is 37.9 Å². The lowest BCUT2D eigenvalue weighted by Gasteiger charge is -2.37. The molecule has 1 aliphatic carbocycles. The lowest BCUT2D eigenvalue weighted by Crippen LogP contribution is -2.46. The molecule has 0 spiro atoms. The Morgan fingerprint density at radius 3 is 2.29 bits per heavy atom. The fraction of sp³-hybridized carbons (Fsp3) is 0.750. The molecule has 1 saturated heterocycles. The van der Waals surface area contributed by atoms with Crippen LogP contribution in [0.2, 0.25) is 0 Å². The van der Waals surface area contributed by atoms with Gasteiger partial charge in [-0.15, -0.1) is 24.8 Å². The van der Waals surface area contributed by atoms with E-state index in [1.165, 1.54) is 37.0 Å². The van der Waals surface area contributed by atoms with E-state index in [-0.39, 0.29) is 24.8 Å². The highest BCUT2D eigenvalue weighted by Gasteiger charge is 2.34. The van der Waals surface area contributed by atoms with E-state index >= 15 is 0 Å². The number of hydrogen-bond acceptors (Lipinski definition) is 3. The zero-order valence-electron chi connectivity index (χ0n) is 13.1. The fourth-order valence-electron chi connectivity index (χ4n) is 3.69. The number of furan rings is 1.